The van der Waals surface area contributed by atoms with Gasteiger partial charge in [0, 0.05) is 5.56 Å². The van der Waals surface area contributed by atoms with Gasteiger partial charge in [-0.1, -0.05) is 18.2 Å². The van der Waals surface area contributed by atoms with Crippen molar-refractivity contribution in [2.24, 2.45) is 5.73 Å². The van der Waals surface area contributed by atoms with Crippen molar-refractivity contribution in [2.45, 2.75) is 6.04 Å². The first kappa shape index (κ1) is 9.98. The minimum atomic E-state index is -0.716. The zero-order valence-corrected chi connectivity index (χ0v) is 7.49. The molecule has 0 bridgehead atoms. The quantitative estimate of drug-likeness (QED) is 0.610. The largest absolute Gasteiger partial charge is 0.316 e. The zero-order chi connectivity index (χ0) is 8.72. The fourth-order valence-corrected chi connectivity index (χ4v) is 1.33. The van der Waals surface area contributed by atoms with Crippen molar-refractivity contribution in [3.63, 3.8) is 0 Å². The molecule has 1 unspecified atom stereocenters. The van der Waals surface area contributed by atoms with Gasteiger partial charge in [-0.2, -0.15) is 5.06 Å². The van der Waals surface area contributed by atoms with Crippen LogP contribution >= 0.6 is 12.4 Å². The third-order valence-corrected chi connectivity index (χ3v) is 1.97. The number of amides is 1. The average molecular weight is 201 g/mol. The van der Waals surface area contributed by atoms with Crippen molar-refractivity contribution in [3.05, 3.63) is 29.8 Å². The number of benzene rings is 1. The van der Waals surface area contributed by atoms with Gasteiger partial charge in [0.15, 0.2) is 0 Å². The first-order valence-corrected chi connectivity index (χ1v) is 3.59. The Labute approximate surface area is 81.3 Å². The standard InChI is InChI=1S/C8H8N2O2.ClH/c9-7-5-3-1-2-4-6(5)10(12)8(7)11;/h1-4,7,12H,9H2;1H. The van der Waals surface area contributed by atoms with Gasteiger partial charge in [0.2, 0.25) is 0 Å². The molecule has 0 saturated carbocycles. The lowest BCUT2D eigenvalue weighted by atomic mass is 10.1. The minimum Gasteiger partial charge on any atom is -0.316 e. The van der Waals surface area contributed by atoms with E-state index in [1.165, 1.54) is 0 Å². The van der Waals surface area contributed by atoms with Crippen LogP contribution in [0.1, 0.15) is 11.6 Å². The molecule has 1 aliphatic heterocycles. The maximum atomic E-state index is 11.1. The third kappa shape index (κ3) is 1.29. The molecule has 4 nitrogen and oxygen atoms in total. The molecule has 2 rings (SSSR count). The van der Waals surface area contributed by atoms with Crippen molar-refractivity contribution >= 4 is 24.0 Å². The first-order chi connectivity index (χ1) is 5.72. The van der Waals surface area contributed by atoms with Crippen LogP contribution in [-0.4, -0.2) is 11.1 Å². The van der Waals surface area contributed by atoms with E-state index >= 15 is 0 Å². The van der Waals surface area contributed by atoms with Gasteiger partial charge in [0.25, 0.3) is 5.91 Å². The molecular formula is C8H9ClN2O2. The lowest BCUT2D eigenvalue weighted by Crippen LogP contribution is -2.28. The minimum absolute atomic E-state index is 0. The maximum absolute atomic E-state index is 11.1. The number of halogens is 1. The van der Waals surface area contributed by atoms with E-state index in [1.807, 2.05) is 0 Å². The molecular weight excluding hydrogens is 192 g/mol. The van der Waals surface area contributed by atoms with Crippen molar-refractivity contribution in [2.75, 3.05) is 5.06 Å². The molecule has 0 spiro atoms. The van der Waals surface area contributed by atoms with Gasteiger partial charge in [-0.15, -0.1) is 12.4 Å². The number of fused-ring (bicyclic) bond motifs is 1. The van der Waals surface area contributed by atoms with Crippen molar-refractivity contribution in [1.29, 1.82) is 0 Å². The van der Waals surface area contributed by atoms with E-state index in [1.54, 1.807) is 24.3 Å². The normalized spacial score (nSPS) is 19.7. The molecule has 1 aromatic rings. The second kappa shape index (κ2) is 3.33. The van der Waals surface area contributed by atoms with Crippen LogP contribution in [0.15, 0.2) is 24.3 Å². The van der Waals surface area contributed by atoms with Crippen LogP contribution in [0.5, 0.6) is 0 Å². The fourth-order valence-electron chi connectivity index (χ4n) is 1.33. The summed E-state index contributed by atoms with van der Waals surface area (Å²) >= 11 is 0. The van der Waals surface area contributed by atoms with E-state index in [2.05, 4.69) is 0 Å². The Hall–Kier alpha value is -1.10. The highest BCUT2D eigenvalue weighted by Crippen LogP contribution is 2.32. The Morgan fingerprint density at radius 3 is 2.62 bits per heavy atom. The number of nitrogens with two attached hydrogens (primary N) is 1. The second-order valence-corrected chi connectivity index (χ2v) is 2.69. The summed E-state index contributed by atoms with van der Waals surface area (Å²) < 4.78 is 0. The Morgan fingerprint density at radius 2 is 2.00 bits per heavy atom. The van der Waals surface area contributed by atoms with Gasteiger partial charge in [-0.05, 0) is 6.07 Å². The molecule has 1 heterocycles. The first-order valence-electron chi connectivity index (χ1n) is 3.59. The summed E-state index contributed by atoms with van der Waals surface area (Å²) in [5, 5.41) is 9.82. The van der Waals surface area contributed by atoms with Crippen molar-refractivity contribution < 1.29 is 10.0 Å². The molecule has 0 fully saturated rings. The number of anilines is 1. The van der Waals surface area contributed by atoms with E-state index < -0.39 is 11.9 Å². The molecule has 0 aliphatic carbocycles. The monoisotopic (exact) mass is 200 g/mol. The highest BCUT2D eigenvalue weighted by molar-refractivity contribution is 6.02. The van der Waals surface area contributed by atoms with Crippen LogP contribution < -0.4 is 10.8 Å². The third-order valence-electron chi connectivity index (χ3n) is 1.97. The summed E-state index contributed by atoms with van der Waals surface area (Å²) in [6.45, 7) is 0. The van der Waals surface area contributed by atoms with E-state index in [0.717, 1.165) is 0 Å². The Balaban J connectivity index is 0.000000845. The van der Waals surface area contributed by atoms with E-state index in [0.29, 0.717) is 16.3 Å². The molecule has 0 radical (unpaired) electrons. The number of nitrogens with zero attached hydrogens (tertiary/aromatic N) is 1. The molecule has 1 aliphatic rings. The highest BCUT2D eigenvalue weighted by atomic mass is 35.5. The number of hydrogen-bond donors (Lipinski definition) is 2. The number of carbonyl (C=O) groups excluding carboxylic acids is 1. The predicted octanol–water partition coefficient (Wildman–Crippen LogP) is 0.844. The van der Waals surface area contributed by atoms with Gasteiger partial charge in [0.1, 0.15) is 6.04 Å². The number of hydroxylamine groups is 1. The zero-order valence-electron chi connectivity index (χ0n) is 6.68. The van der Waals surface area contributed by atoms with Crippen LogP contribution in [0.3, 0.4) is 0 Å². The molecule has 70 valence electrons. The maximum Gasteiger partial charge on any atom is 0.272 e. The van der Waals surface area contributed by atoms with Gasteiger partial charge >= 0.3 is 0 Å². The summed E-state index contributed by atoms with van der Waals surface area (Å²) in [6.07, 6.45) is 0. The molecule has 0 aromatic heterocycles. The molecule has 0 saturated heterocycles. The van der Waals surface area contributed by atoms with E-state index in [9.17, 15) is 10.0 Å². The van der Waals surface area contributed by atoms with Crippen LogP contribution in [0.4, 0.5) is 5.69 Å². The Kier molecular flexibility index (Phi) is 2.56. The fraction of sp³-hybridized carbons (Fsp3) is 0.125. The lowest BCUT2D eigenvalue weighted by Gasteiger charge is -2.05. The van der Waals surface area contributed by atoms with Gasteiger partial charge < -0.3 is 5.73 Å². The van der Waals surface area contributed by atoms with Crippen LogP contribution in [0.25, 0.3) is 0 Å². The smallest absolute Gasteiger partial charge is 0.272 e. The topological polar surface area (TPSA) is 66.6 Å². The van der Waals surface area contributed by atoms with Gasteiger partial charge in [-0.25, -0.2) is 0 Å². The average Bonchev–Trinajstić information content (AvgIpc) is 2.33. The summed E-state index contributed by atoms with van der Waals surface area (Å²) in [5.74, 6) is -0.476. The number of hydrogen-bond acceptors (Lipinski definition) is 3. The molecule has 5 heteroatoms. The summed E-state index contributed by atoms with van der Waals surface area (Å²) in [6, 6.07) is 6.19. The highest BCUT2D eigenvalue weighted by Gasteiger charge is 2.33. The SMILES string of the molecule is Cl.NC1C(=O)N(O)c2ccccc21. The van der Waals surface area contributed by atoms with Crippen LogP contribution in [0, 0.1) is 0 Å². The Bertz CT molecular complexity index is 312. The molecule has 3 N–H and O–H groups in total. The van der Waals surface area contributed by atoms with Crippen LogP contribution in [-0.2, 0) is 4.79 Å². The summed E-state index contributed by atoms with van der Waals surface area (Å²) in [5.41, 5.74) is 6.68. The second-order valence-electron chi connectivity index (χ2n) is 2.69. The summed E-state index contributed by atoms with van der Waals surface area (Å²) in [4.78, 5) is 11.1. The number of rotatable bonds is 0. The lowest BCUT2D eigenvalue weighted by molar-refractivity contribution is -0.123. The number of para-hydroxylation sites is 1. The number of carbonyl (C=O) groups is 1. The molecule has 1 aromatic carbocycles. The van der Waals surface area contributed by atoms with Gasteiger partial charge in [0.05, 0.1) is 5.69 Å². The molecule has 1 amide bonds. The van der Waals surface area contributed by atoms with Crippen LogP contribution in [0.2, 0.25) is 0 Å². The van der Waals surface area contributed by atoms with Gasteiger partial charge in [-0.3, -0.25) is 10.0 Å². The van der Waals surface area contributed by atoms with Crippen molar-refractivity contribution in [3.8, 4) is 0 Å². The Morgan fingerprint density at radius 1 is 1.38 bits per heavy atom. The summed E-state index contributed by atoms with van der Waals surface area (Å²) in [7, 11) is 0. The van der Waals surface area contributed by atoms with E-state index in [4.69, 9.17) is 5.73 Å². The molecule has 13 heavy (non-hydrogen) atoms. The van der Waals surface area contributed by atoms with Crippen molar-refractivity contribution in [1.82, 2.24) is 0 Å². The molecule has 1 atom stereocenters. The predicted molar refractivity (Wildman–Crippen MR) is 49.9 cm³/mol. The van der Waals surface area contributed by atoms with E-state index in [-0.39, 0.29) is 12.4 Å².